The summed E-state index contributed by atoms with van der Waals surface area (Å²) in [5.41, 5.74) is 0. The first kappa shape index (κ1) is 15.0. The average Bonchev–Trinajstić information content (AvgIpc) is 3.18. The monoisotopic (exact) mass is 320 g/mol. The summed E-state index contributed by atoms with van der Waals surface area (Å²) in [6, 6.07) is 3.98. The van der Waals surface area contributed by atoms with Gasteiger partial charge in [0.1, 0.15) is 0 Å². The Labute approximate surface area is 133 Å². The summed E-state index contributed by atoms with van der Waals surface area (Å²) in [6.07, 6.45) is 2.44. The zero-order valence-electron chi connectivity index (χ0n) is 12.9. The Morgan fingerprint density at radius 2 is 2.41 bits per heavy atom. The molecule has 2 aromatic rings. The van der Waals surface area contributed by atoms with Crippen molar-refractivity contribution < 1.29 is 9.32 Å². The van der Waals surface area contributed by atoms with Crippen molar-refractivity contribution in [1.82, 2.24) is 15.0 Å². The maximum Gasteiger partial charge on any atom is 0.265 e. The number of hydrogen-bond donors (Lipinski definition) is 0. The van der Waals surface area contributed by atoms with Crippen LogP contribution < -0.4 is 4.90 Å². The molecule has 0 bridgehead atoms. The molecule has 1 atom stereocenters. The van der Waals surface area contributed by atoms with Gasteiger partial charge in [-0.15, -0.1) is 11.3 Å². The van der Waals surface area contributed by atoms with E-state index in [-0.39, 0.29) is 11.8 Å². The lowest BCUT2D eigenvalue weighted by Crippen LogP contribution is -2.39. The molecular formula is C15H20N4O2S. The number of likely N-dealkylation sites (tertiary alicyclic amines) is 1. The van der Waals surface area contributed by atoms with Crippen molar-refractivity contribution in [2.75, 3.05) is 32.1 Å². The lowest BCUT2D eigenvalue weighted by atomic mass is 9.97. The second kappa shape index (κ2) is 6.48. The van der Waals surface area contributed by atoms with Gasteiger partial charge < -0.3 is 14.3 Å². The van der Waals surface area contributed by atoms with Gasteiger partial charge in [0, 0.05) is 32.1 Å². The normalized spacial score (nSPS) is 18.5. The van der Waals surface area contributed by atoms with Crippen molar-refractivity contribution in [2.45, 2.75) is 25.2 Å². The number of nitrogens with zero attached hydrogens (tertiary/aromatic N) is 4. The van der Waals surface area contributed by atoms with Crippen LogP contribution in [0.5, 0.6) is 0 Å². The van der Waals surface area contributed by atoms with E-state index in [4.69, 9.17) is 4.52 Å². The van der Waals surface area contributed by atoms with E-state index in [0.717, 1.165) is 24.3 Å². The molecule has 1 saturated heterocycles. The predicted octanol–water partition coefficient (Wildman–Crippen LogP) is 2.15. The first-order valence-corrected chi connectivity index (χ1v) is 8.32. The van der Waals surface area contributed by atoms with Crippen LogP contribution in [0.15, 0.2) is 22.0 Å². The fourth-order valence-electron chi connectivity index (χ4n) is 2.65. The molecule has 22 heavy (non-hydrogen) atoms. The Morgan fingerprint density at radius 1 is 1.55 bits per heavy atom. The van der Waals surface area contributed by atoms with E-state index in [1.165, 1.54) is 0 Å². The van der Waals surface area contributed by atoms with Crippen LogP contribution in [0.4, 0.5) is 5.95 Å². The van der Waals surface area contributed by atoms with Gasteiger partial charge in [0.2, 0.25) is 11.8 Å². The molecule has 118 valence electrons. The highest BCUT2D eigenvalue weighted by Gasteiger charge is 2.28. The molecule has 2 aromatic heterocycles. The second-order valence-corrected chi connectivity index (χ2v) is 6.79. The van der Waals surface area contributed by atoms with Crippen LogP contribution in [0.1, 0.15) is 29.5 Å². The molecule has 0 spiro atoms. The number of piperidine rings is 1. The van der Waals surface area contributed by atoms with Crippen LogP contribution >= 0.6 is 11.3 Å². The molecule has 0 aromatic carbocycles. The van der Waals surface area contributed by atoms with E-state index in [0.29, 0.717) is 24.8 Å². The fraction of sp³-hybridized carbons (Fsp3) is 0.533. The van der Waals surface area contributed by atoms with Crippen molar-refractivity contribution in [1.29, 1.82) is 0 Å². The molecule has 1 fully saturated rings. The SMILES string of the molecule is CN(C)c1noc([C@H]2CCCN(C(=O)Cc3cccs3)C2)n1. The molecular weight excluding hydrogens is 300 g/mol. The summed E-state index contributed by atoms with van der Waals surface area (Å²) in [6.45, 7) is 1.48. The van der Waals surface area contributed by atoms with Gasteiger partial charge in [-0.1, -0.05) is 6.07 Å². The third kappa shape index (κ3) is 3.30. The molecule has 1 aliphatic rings. The number of amides is 1. The minimum absolute atomic E-state index is 0.141. The Balaban J connectivity index is 1.64. The van der Waals surface area contributed by atoms with Crippen molar-refractivity contribution in [3.8, 4) is 0 Å². The smallest absolute Gasteiger partial charge is 0.265 e. The number of aromatic nitrogens is 2. The molecule has 3 heterocycles. The van der Waals surface area contributed by atoms with Crippen molar-refractivity contribution in [2.24, 2.45) is 0 Å². The van der Waals surface area contributed by atoms with E-state index in [1.54, 1.807) is 11.3 Å². The van der Waals surface area contributed by atoms with Crippen molar-refractivity contribution in [3.05, 3.63) is 28.3 Å². The Morgan fingerprint density at radius 3 is 3.09 bits per heavy atom. The zero-order chi connectivity index (χ0) is 15.5. The first-order chi connectivity index (χ1) is 10.6. The lowest BCUT2D eigenvalue weighted by molar-refractivity contribution is -0.131. The second-order valence-electron chi connectivity index (χ2n) is 5.76. The lowest BCUT2D eigenvalue weighted by Gasteiger charge is -2.31. The Hall–Kier alpha value is -1.89. The number of carbonyl (C=O) groups excluding carboxylic acids is 1. The van der Waals surface area contributed by atoms with Gasteiger partial charge in [-0.25, -0.2) is 0 Å². The Kier molecular flexibility index (Phi) is 4.42. The zero-order valence-corrected chi connectivity index (χ0v) is 13.7. The van der Waals surface area contributed by atoms with Crippen molar-refractivity contribution >= 4 is 23.2 Å². The summed E-state index contributed by atoms with van der Waals surface area (Å²) in [5, 5.41) is 5.96. The number of thiophene rings is 1. The van der Waals surface area contributed by atoms with Gasteiger partial charge >= 0.3 is 0 Å². The van der Waals surface area contributed by atoms with Crippen molar-refractivity contribution in [3.63, 3.8) is 0 Å². The number of rotatable bonds is 4. The topological polar surface area (TPSA) is 62.5 Å². The Bertz CT molecular complexity index is 623. The molecule has 6 nitrogen and oxygen atoms in total. The molecule has 1 aliphatic heterocycles. The van der Waals surface area contributed by atoms with E-state index < -0.39 is 0 Å². The van der Waals surface area contributed by atoms with Gasteiger partial charge in [-0.2, -0.15) is 4.98 Å². The van der Waals surface area contributed by atoms with Gasteiger partial charge in [-0.3, -0.25) is 4.79 Å². The summed E-state index contributed by atoms with van der Waals surface area (Å²) in [7, 11) is 3.76. The summed E-state index contributed by atoms with van der Waals surface area (Å²) in [5.74, 6) is 1.54. The molecule has 0 radical (unpaired) electrons. The summed E-state index contributed by atoms with van der Waals surface area (Å²) >= 11 is 1.63. The maximum absolute atomic E-state index is 12.4. The highest BCUT2D eigenvalue weighted by Crippen LogP contribution is 2.27. The van der Waals surface area contributed by atoms with Crippen LogP contribution in [0.2, 0.25) is 0 Å². The standard InChI is InChI=1S/C15H20N4O2S/c1-18(2)15-16-14(21-17-15)11-5-3-7-19(10-11)13(20)9-12-6-4-8-22-12/h4,6,8,11H,3,5,7,9-10H2,1-2H3/t11-/m0/s1. The van der Waals surface area contributed by atoms with Crippen LogP contribution in [0.3, 0.4) is 0 Å². The number of carbonyl (C=O) groups is 1. The third-order valence-electron chi connectivity index (χ3n) is 3.86. The molecule has 0 aliphatic carbocycles. The maximum atomic E-state index is 12.4. The summed E-state index contributed by atoms with van der Waals surface area (Å²) in [4.78, 5) is 21.7. The largest absolute Gasteiger partial charge is 0.344 e. The van der Waals surface area contributed by atoms with Gasteiger partial charge in [0.15, 0.2) is 0 Å². The van der Waals surface area contributed by atoms with E-state index in [9.17, 15) is 4.79 Å². The van der Waals surface area contributed by atoms with Crippen LogP contribution in [0, 0.1) is 0 Å². The van der Waals surface area contributed by atoms with Gasteiger partial charge in [0.25, 0.3) is 5.95 Å². The summed E-state index contributed by atoms with van der Waals surface area (Å²) < 4.78 is 5.36. The highest BCUT2D eigenvalue weighted by atomic mass is 32.1. The first-order valence-electron chi connectivity index (χ1n) is 7.44. The van der Waals surface area contributed by atoms with Crippen LogP contribution in [-0.2, 0) is 11.2 Å². The highest BCUT2D eigenvalue weighted by molar-refractivity contribution is 7.10. The van der Waals surface area contributed by atoms with Crippen LogP contribution in [-0.4, -0.2) is 48.1 Å². The molecule has 7 heteroatoms. The predicted molar refractivity (Wildman–Crippen MR) is 85.2 cm³/mol. The fourth-order valence-corrected chi connectivity index (χ4v) is 3.35. The third-order valence-corrected chi connectivity index (χ3v) is 4.74. The van der Waals surface area contributed by atoms with E-state index >= 15 is 0 Å². The molecule has 0 saturated carbocycles. The average molecular weight is 320 g/mol. The molecule has 0 unspecified atom stereocenters. The number of hydrogen-bond acceptors (Lipinski definition) is 6. The molecule has 3 rings (SSSR count). The van der Waals surface area contributed by atoms with E-state index in [2.05, 4.69) is 10.1 Å². The quantitative estimate of drug-likeness (QED) is 0.864. The van der Waals surface area contributed by atoms with Gasteiger partial charge in [-0.05, 0) is 29.4 Å². The van der Waals surface area contributed by atoms with E-state index in [1.807, 2.05) is 41.4 Å². The van der Waals surface area contributed by atoms with Crippen LogP contribution in [0.25, 0.3) is 0 Å². The molecule has 0 N–H and O–H groups in total. The minimum atomic E-state index is 0.141. The molecule has 1 amide bonds. The number of anilines is 1. The minimum Gasteiger partial charge on any atom is -0.344 e. The van der Waals surface area contributed by atoms with Gasteiger partial charge in [0.05, 0.1) is 12.3 Å².